The molecule has 94 valence electrons. The Labute approximate surface area is 104 Å². The summed E-state index contributed by atoms with van der Waals surface area (Å²) in [6.07, 6.45) is 4.56. The Morgan fingerprint density at radius 2 is 2.33 bits per heavy atom. The first-order valence-electron chi connectivity index (χ1n) is 5.99. The van der Waals surface area contributed by atoms with Crippen LogP contribution in [0, 0.1) is 5.92 Å². The first-order valence-corrected chi connectivity index (χ1v) is 5.99. The number of hydrogen-bond acceptors (Lipinski definition) is 5. The summed E-state index contributed by atoms with van der Waals surface area (Å²) in [4.78, 5) is 11.5. The largest absolute Gasteiger partial charge is 0.461 e. The lowest BCUT2D eigenvalue weighted by atomic mass is 9.86. The highest BCUT2D eigenvalue weighted by Gasteiger charge is 2.26. The zero-order chi connectivity index (χ0) is 12.4. The van der Waals surface area contributed by atoms with Gasteiger partial charge in [-0.2, -0.15) is 0 Å². The van der Waals surface area contributed by atoms with E-state index in [0.29, 0.717) is 17.2 Å². The van der Waals surface area contributed by atoms with Crippen LogP contribution in [0.5, 0.6) is 0 Å². The predicted octanol–water partition coefficient (Wildman–Crippen LogP) is 2.78. The molecule has 0 amide bonds. The molecule has 1 aliphatic rings. The van der Waals surface area contributed by atoms with Gasteiger partial charge < -0.3 is 13.7 Å². The molecule has 3 rings (SSSR count). The Morgan fingerprint density at radius 3 is 3.00 bits per heavy atom. The first-order chi connectivity index (χ1) is 8.83. The van der Waals surface area contributed by atoms with Crippen LogP contribution in [0.2, 0.25) is 0 Å². The molecule has 1 saturated carbocycles. The number of carbonyl (C=O) groups excluding carboxylic acids is 1. The summed E-state index contributed by atoms with van der Waals surface area (Å²) in [5.41, 5.74) is 0.592. The third-order valence-corrected chi connectivity index (χ3v) is 3.12. The first kappa shape index (κ1) is 11.1. The molecule has 0 spiro atoms. The number of ether oxygens (including phenoxy) is 1. The molecule has 1 aliphatic carbocycles. The monoisotopic (exact) mass is 247 g/mol. The lowest BCUT2D eigenvalue weighted by Crippen LogP contribution is -2.23. The van der Waals surface area contributed by atoms with Crippen molar-refractivity contribution in [1.82, 2.24) is 5.16 Å². The van der Waals surface area contributed by atoms with Crippen molar-refractivity contribution in [2.24, 2.45) is 5.92 Å². The molecule has 2 heterocycles. The van der Waals surface area contributed by atoms with Gasteiger partial charge >= 0.3 is 5.97 Å². The van der Waals surface area contributed by atoms with Crippen LogP contribution >= 0.6 is 0 Å². The minimum atomic E-state index is -0.135. The quantitative estimate of drug-likeness (QED) is 0.777. The number of furan rings is 1. The van der Waals surface area contributed by atoms with Crippen molar-refractivity contribution in [2.45, 2.75) is 25.9 Å². The second kappa shape index (κ2) is 4.68. The van der Waals surface area contributed by atoms with Crippen molar-refractivity contribution in [3.05, 3.63) is 30.2 Å². The topological polar surface area (TPSA) is 65.5 Å². The van der Waals surface area contributed by atoms with Crippen LogP contribution in [0.15, 0.2) is 33.4 Å². The van der Waals surface area contributed by atoms with E-state index in [0.717, 1.165) is 19.3 Å². The van der Waals surface area contributed by atoms with Crippen LogP contribution in [0.3, 0.4) is 0 Å². The number of nitrogens with zero attached hydrogens (tertiary/aromatic N) is 1. The van der Waals surface area contributed by atoms with Crippen molar-refractivity contribution < 1.29 is 18.5 Å². The van der Waals surface area contributed by atoms with Crippen molar-refractivity contribution >= 4 is 5.97 Å². The molecule has 5 nitrogen and oxygen atoms in total. The van der Waals surface area contributed by atoms with E-state index < -0.39 is 0 Å². The van der Waals surface area contributed by atoms with Gasteiger partial charge in [0.15, 0.2) is 5.76 Å². The molecular formula is C13H13NO4. The van der Waals surface area contributed by atoms with E-state index in [2.05, 4.69) is 5.16 Å². The van der Waals surface area contributed by atoms with Crippen molar-refractivity contribution in [1.29, 1.82) is 0 Å². The summed E-state index contributed by atoms with van der Waals surface area (Å²) in [7, 11) is 0. The van der Waals surface area contributed by atoms with Crippen molar-refractivity contribution in [2.75, 3.05) is 0 Å². The number of rotatable bonds is 4. The van der Waals surface area contributed by atoms with Gasteiger partial charge in [-0.15, -0.1) is 0 Å². The fourth-order valence-electron chi connectivity index (χ4n) is 1.82. The molecule has 0 saturated heterocycles. The Balaban J connectivity index is 1.58. The zero-order valence-electron chi connectivity index (χ0n) is 9.80. The van der Waals surface area contributed by atoms with E-state index in [4.69, 9.17) is 13.7 Å². The molecule has 0 atom stereocenters. The molecule has 0 N–H and O–H groups in total. The van der Waals surface area contributed by atoms with Gasteiger partial charge in [-0.3, -0.25) is 4.79 Å². The van der Waals surface area contributed by atoms with E-state index in [1.165, 1.54) is 0 Å². The molecule has 5 heteroatoms. The molecule has 1 fully saturated rings. The minimum Gasteiger partial charge on any atom is -0.461 e. The van der Waals surface area contributed by atoms with E-state index in [1.807, 2.05) is 0 Å². The molecule has 0 aliphatic heterocycles. The molecule has 0 unspecified atom stereocenters. The summed E-state index contributed by atoms with van der Waals surface area (Å²) >= 11 is 0. The molecule has 0 radical (unpaired) electrons. The zero-order valence-corrected chi connectivity index (χ0v) is 9.80. The third kappa shape index (κ3) is 2.16. The SMILES string of the molecule is O=C(OCc1cc(-c2ccco2)on1)C1CCC1. The maximum Gasteiger partial charge on any atom is 0.309 e. The van der Waals surface area contributed by atoms with Gasteiger partial charge in [0.1, 0.15) is 12.3 Å². The highest BCUT2D eigenvalue weighted by molar-refractivity contribution is 5.73. The molecule has 0 aromatic carbocycles. The maximum atomic E-state index is 11.5. The van der Waals surface area contributed by atoms with Crippen LogP contribution in [0.1, 0.15) is 25.0 Å². The second-order valence-electron chi connectivity index (χ2n) is 4.40. The Kier molecular flexibility index (Phi) is 2.88. The number of carbonyl (C=O) groups is 1. The van der Waals surface area contributed by atoms with Crippen LogP contribution in [0.4, 0.5) is 0 Å². The van der Waals surface area contributed by atoms with Crippen LogP contribution < -0.4 is 0 Å². The molecular weight excluding hydrogens is 234 g/mol. The van der Waals surface area contributed by atoms with Crippen molar-refractivity contribution in [3.63, 3.8) is 0 Å². The number of esters is 1. The standard InChI is InChI=1S/C13H13NO4/c15-13(9-3-1-4-9)17-8-10-7-12(18-14-10)11-5-2-6-16-11/h2,5-7,9H,1,3-4,8H2. The van der Waals surface area contributed by atoms with Gasteiger partial charge in [-0.1, -0.05) is 11.6 Å². The summed E-state index contributed by atoms with van der Waals surface area (Å²) in [6, 6.07) is 5.27. The molecule has 0 bridgehead atoms. The molecule has 2 aromatic rings. The van der Waals surface area contributed by atoms with Gasteiger partial charge in [0.2, 0.25) is 5.76 Å². The van der Waals surface area contributed by atoms with Crippen molar-refractivity contribution in [3.8, 4) is 11.5 Å². The van der Waals surface area contributed by atoms with E-state index >= 15 is 0 Å². The fraction of sp³-hybridized carbons (Fsp3) is 0.385. The normalized spacial score (nSPS) is 15.3. The number of aromatic nitrogens is 1. The van der Waals surface area contributed by atoms with E-state index in [-0.39, 0.29) is 18.5 Å². The maximum absolute atomic E-state index is 11.5. The smallest absolute Gasteiger partial charge is 0.309 e. The highest BCUT2D eigenvalue weighted by atomic mass is 16.5. The average Bonchev–Trinajstić information content (AvgIpc) is 2.94. The summed E-state index contributed by atoms with van der Waals surface area (Å²) in [5.74, 6) is 1.10. The Morgan fingerprint density at radius 1 is 1.44 bits per heavy atom. The summed E-state index contributed by atoms with van der Waals surface area (Å²) in [5, 5.41) is 3.84. The van der Waals surface area contributed by atoms with Gasteiger partial charge in [0.25, 0.3) is 0 Å². The highest BCUT2D eigenvalue weighted by Crippen LogP contribution is 2.28. The molecule has 2 aromatic heterocycles. The van der Waals surface area contributed by atoms with Gasteiger partial charge in [0.05, 0.1) is 12.2 Å². The van der Waals surface area contributed by atoms with Gasteiger partial charge in [0, 0.05) is 6.07 Å². The van der Waals surface area contributed by atoms with Crippen LogP contribution in [-0.2, 0) is 16.1 Å². The second-order valence-corrected chi connectivity index (χ2v) is 4.40. The van der Waals surface area contributed by atoms with Gasteiger partial charge in [-0.05, 0) is 25.0 Å². The average molecular weight is 247 g/mol. The van der Waals surface area contributed by atoms with Crippen LogP contribution in [-0.4, -0.2) is 11.1 Å². The Hall–Kier alpha value is -2.04. The van der Waals surface area contributed by atoms with E-state index in [9.17, 15) is 4.79 Å². The van der Waals surface area contributed by atoms with Crippen LogP contribution in [0.25, 0.3) is 11.5 Å². The fourth-order valence-corrected chi connectivity index (χ4v) is 1.82. The Bertz CT molecular complexity index is 525. The summed E-state index contributed by atoms with van der Waals surface area (Å²) < 4.78 is 15.5. The third-order valence-electron chi connectivity index (χ3n) is 3.12. The molecule has 18 heavy (non-hydrogen) atoms. The minimum absolute atomic E-state index is 0.0847. The number of hydrogen-bond donors (Lipinski definition) is 0. The van der Waals surface area contributed by atoms with Gasteiger partial charge in [-0.25, -0.2) is 0 Å². The lowest BCUT2D eigenvalue weighted by Gasteiger charge is -2.22. The lowest BCUT2D eigenvalue weighted by molar-refractivity contribution is -0.152. The van der Waals surface area contributed by atoms with E-state index in [1.54, 1.807) is 24.5 Å². The predicted molar refractivity (Wildman–Crippen MR) is 61.3 cm³/mol. The summed E-state index contributed by atoms with van der Waals surface area (Å²) in [6.45, 7) is 0.152.